The normalized spacial score (nSPS) is 17.0. The Kier molecular flexibility index (Phi) is 4.66. The molecule has 1 aromatic heterocycles. The van der Waals surface area contributed by atoms with E-state index in [1.807, 2.05) is 0 Å². The van der Waals surface area contributed by atoms with E-state index >= 15 is 0 Å². The second-order valence-electron chi connectivity index (χ2n) is 4.51. The lowest BCUT2D eigenvalue weighted by molar-refractivity contribution is -0.113. The van der Waals surface area contributed by atoms with Crippen LogP contribution in [0.5, 0.6) is 0 Å². The monoisotopic (exact) mass is 365 g/mol. The van der Waals surface area contributed by atoms with E-state index in [0.29, 0.717) is 20.7 Å². The number of hydrogen-bond acceptors (Lipinski definition) is 4. The fraction of sp³-hybridized carbons (Fsp3) is 0. The van der Waals surface area contributed by atoms with Crippen LogP contribution in [0.15, 0.2) is 58.1 Å². The lowest BCUT2D eigenvalue weighted by Gasteiger charge is -2.14. The van der Waals surface area contributed by atoms with Crippen molar-refractivity contribution in [1.82, 2.24) is 0 Å². The summed E-state index contributed by atoms with van der Waals surface area (Å²) in [5.41, 5.74) is 0.442. The van der Waals surface area contributed by atoms with Gasteiger partial charge in [-0.05, 0) is 42.5 Å². The fourth-order valence-electron chi connectivity index (χ4n) is 1.95. The zero-order chi connectivity index (χ0) is 16.4. The minimum absolute atomic E-state index is 0.0572. The van der Waals surface area contributed by atoms with Crippen molar-refractivity contribution in [1.29, 1.82) is 0 Å². The molecular formula is C16H9ClFNO2S2. The van der Waals surface area contributed by atoms with Crippen LogP contribution in [0.25, 0.3) is 6.08 Å². The topological polar surface area (TPSA) is 33.5 Å². The molecule has 1 aliphatic heterocycles. The number of carbonyl (C=O) groups is 1. The second kappa shape index (κ2) is 6.70. The number of allylic oxidation sites excluding steroid dienone is 2. The van der Waals surface area contributed by atoms with Crippen molar-refractivity contribution in [2.45, 2.75) is 0 Å². The molecule has 3 nitrogen and oxygen atoms in total. The molecule has 0 atom stereocenters. The van der Waals surface area contributed by atoms with E-state index in [1.54, 1.807) is 36.6 Å². The molecule has 0 aliphatic carbocycles. The molecule has 1 aromatic carbocycles. The summed E-state index contributed by atoms with van der Waals surface area (Å²) < 4.78 is 18.8. The summed E-state index contributed by atoms with van der Waals surface area (Å²) >= 11 is 12.2. The zero-order valence-corrected chi connectivity index (χ0v) is 13.9. The molecule has 0 spiro atoms. The van der Waals surface area contributed by atoms with Crippen LogP contribution in [0.1, 0.15) is 5.76 Å². The molecule has 116 valence electrons. The lowest BCUT2D eigenvalue weighted by Crippen LogP contribution is -2.27. The van der Waals surface area contributed by atoms with Crippen molar-refractivity contribution in [3.8, 4) is 0 Å². The first-order chi connectivity index (χ1) is 11.1. The molecule has 23 heavy (non-hydrogen) atoms. The van der Waals surface area contributed by atoms with Crippen LogP contribution in [0.4, 0.5) is 10.1 Å². The van der Waals surface area contributed by atoms with Gasteiger partial charge in [0, 0.05) is 0 Å². The summed E-state index contributed by atoms with van der Waals surface area (Å²) in [6.45, 7) is 0. The largest absolute Gasteiger partial charge is 0.465 e. The third kappa shape index (κ3) is 3.39. The highest BCUT2D eigenvalue weighted by Crippen LogP contribution is 2.36. The van der Waals surface area contributed by atoms with Gasteiger partial charge in [-0.2, -0.15) is 0 Å². The maximum Gasteiger partial charge on any atom is 0.270 e. The van der Waals surface area contributed by atoms with Gasteiger partial charge < -0.3 is 4.42 Å². The molecule has 1 aliphatic rings. The van der Waals surface area contributed by atoms with E-state index in [2.05, 4.69) is 0 Å². The van der Waals surface area contributed by atoms with E-state index < -0.39 is 5.82 Å². The highest BCUT2D eigenvalue weighted by Gasteiger charge is 2.33. The summed E-state index contributed by atoms with van der Waals surface area (Å²) in [5.74, 6) is -0.133. The third-order valence-electron chi connectivity index (χ3n) is 3.01. The van der Waals surface area contributed by atoms with E-state index in [0.717, 1.165) is 0 Å². The zero-order valence-electron chi connectivity index (χ0n) is 11.5. The molecule has 2 aromatic rings. The molecule has 2 heterocycles. The highest BCUT2D eigenvalue weighted by molar-refractivity contribution is 8.27. The van der Waals surface area contributed by atoms with Gasteiger partial charge in [0.15, 0.2) is 4.32 Å². The third-order valence-corrected chi connectivity index (χ3v) is 4.62. The minimum Gasteiger partial charge on any atom is -0.465 e. The summed E-state index contributed by atoms with van der Waals surface area (Å²) in [5, 5.41) is -0.0572. The molecule has 7 heteroatoms. The standard InChI is InChI=1S/C16H9ClFNO2S2/c17-12-9-10(6-7-13(12)18)19-15(20)14(23-16(19)22)5-1-3-11-4-2-8-21-11/h1-9H/b3-1+,14-5+. The van der Waals surface area contributed by atoms with Crippen molar-refractivity contribution >= 4 is 57.6 Å². The van der Waals surface area contributed by atoms with Gasteiger partial charge in [0.25, 0.3) is 5.91 Å². The van der Waals surface area contributed by atoms with Gasteiger partial charge in [0.2, 0.25) is 0 Å². The molecule has 1 fully saturated rings. The maximum absolute atomic E-state index is 13.3. The molecule has 0 N–H and O–H groups in total. The average Bonchev–Trinajstić information content (AvgIpc) is 3.12. The number of nitrogens with zero attached hydrogens (tertiary/aromatic N) is 1. The van der Waals surface area contributed by atoms with Crippen molar-refractivity contribution in [3.05, 3.63) is 70.3 Å². The average molecular weight is 366 g/mol. The summed E-state index contributed by atoms with van der Waals surface area (Å²) in [6.07, 6.45) is 6.68. The quantitative estimate of drug-likeness (QED) is 0.564. The number of carbonyl (C=O) groups excluding carboxylic acids is 1. The number of amides is 1. The number of thiocarbonyl (C=S) groups is 1. The Hall–Kier alpha value is -1.89. The number of rotatable bonds is 3. The first-order valence-electron chi connectivity index (χ1n) is 6.49. The Balaban J connectivity index is 1.83. The second-order valence-corrected chi connectivity index (χ2v) is 6.60. The molecule has 0 saturated carbocycles. The number of hydrogen-bond donors (Lipinski definition) is 0. The predicted molar refractivity (Wildman–Crippen MR) is 94.9 cm³/mol. The van der Waals surface area contributed by atoms with Crippen LogP contribution in [-0.4, -0.2) is 10.2 Å². The van der Waals surface area contributed by atoms with Crippen molar-refractivity contribution in [2.24, 2.45) is 0 Å². The van der Waals surface area contributed by atoms with Gasteiger partial charge in [-0.25, -0.2) is 4.39 Å². The SMILES string of the molecule is O=C1/C(=C\C=C\c2ccco2)SC(=S)N1c1ccc(F)c(Cl)c1. The van der Waals surface area contributed by atoms with Crippen LogP contribution < -0.4 is 4.90 Å². The summed E-state index contributed by atoms with van der Waals surface area (Å²) in [6, 6.07) is 7.63. The molecule has 0 unspecified atom stereocenters. The Labute approximate surface area is 146 Å². The number of thioether (sulfide) groups is 1. The molecular weight excluding hydrogens is 357 g/mol. The van der Waals surface area contributed by atoms with Gasteiger partial charge in [-0.1, -0.05) is 41.7 Å². The van der Waals surface area contributed by atoms with Crippen LogP contribution in [0.3, 0.4) is 0 Å². The number of anilines is 1. The molecule has 1 amide bonds. The highest BCUT2D eigenvalue weighted by atomic mass is 35.5. The molecule has 0 bridgehead atoms. The van der Waals surface area contributed by atoms with E-state index in [1.165, 1.54) is 34.9 Å². The number of halogens is 2. The molecule has 0 radical (unpaired) electrons. The van der Waals surface area contributed by atoms with Gasteiger partial charge in [0.1, 0.15) is 11.6 Å². The fourth-order valence-corrected chi connectivity index (χ4v) is 3.37. The van der Waals surface area contributed by atoms with Crippen molar-refractivity contribution < 1.29 is 13.6 Å². The van der Waals surface area contributed by atoms with Crippen molar-refractivity contribution in [2.75, 3.05) is 4.90 Å². The van der Waals surface area contributed by atoms with Crippen LogP contribution >= 0.6 is 35.6 Å². The minimum atomic E-state index is -0.544. The van der Waals surface area contributed by atoms with Crippen LogP contribution in [-0.2, 0) is 4.79 Å². The van der Waals surface area contributed by atoms with Gasteiger partial charge in [-0.3, -0.25) is 9.69 Å². The van der Waals surface area contributed by atoms with E-state index in [4.69, 9.17) is 28.2 Å². The van der Waals surface area contributed by atoms with Gasteiger partial charge in [0.05, 0.1) is 21.9 Å². The molecule has 1 saturated heterocycles. The first-order valence-corrected chi connectivity index (χ1v) is 8.10. The Morgan fingerprint density at radius 2 is 2.17 bits per heavy atom. The van der Waals surface area contributed by atoms with Crippen LogP contribution in [0, 0.1) is 5.82 Å². The summed E-state index contributed by atoms with van der Waals surface area (Å²) in [7, 11) is 0. The summed E-state index contributed by atoms with van der Waals surface area (Å²) in [4.78, 5) is 14.3. The van der Waals surface area contributed by atoms with Crippen molar-refractivity contribution in [3.63, 3.8) is 0 Å². The Bertz CT molecular complexity index is 831. The van der Waals surface area contributed by atoms with Gasteiger partial charge in [-0.15, -0.1) is 0 Å². The Morgan fingerprint density at radius 3 is 2.87 bits per heavy atom. The smallest absolute Gasteiger partial charge is 0.270 e. The number of benzene rings is 1. The van der Waals surface area contributed by atoms with E-state index in [-0.39, 0.29) is 10.9 Å². The number of furan rings is 1. The van der Waals surface area contributed by atoms with E-state index in [9.17, 15) is 9.18 Å². The van der Waals surface area contributed by atoms with Crippen LogP contribution in [0.2, 0.25) is 5.02 Å². The first kappa shape index (κ1) is 16.0. The van der Waals surface area contributed by atoms with Gasteiger partial charge >= 0.3 is 0 Å². The lowest BCUT2D eigenvalue weighted by atomic mass is 10.2. The predicted octanol–water partition coefficient (Wildman–Crippen LogP) is 5.03. The Morgan fingerprint density at radius 1 is 1.35 bits per heavy atom. The maximum atomic E-state index is 13.3. The molecule has 3 rings (SSSR count).